The fourth-order valence-electron chi connectivity index (χ4n) is 3.89. The molecule has 3 amide bonds. The minimum absolute atomic E-state index is 0.0797. The van der Waals surface area contributed by atoms with Crippen LogP contribution >= 0.6 is 0 Å². The summed E-state index contributed by atoms with van der Waals surface area (Å²) in [6, 6.07) is 19.2. The lowest BCUT2D eigenvalue weighted by Crippen LogP contribution is -2.42. The summed E-state index contributed by atoms with van der Waals surface area (Å²) in [5.41, 5.74) is 7.99. The number of aromatic nitrogens is 1. The molecule has 2 aromatic carbocycles. The Hall–Kier alpha value is -3.45. The van der Waals surface area contributed by atoms with Gasteiger partial charge in [0.25, 0.3) is 0 Å². The molecule has 4 N–H and O–H groups in total. The predicted molar refractivity (Wildman–Crippen MR) is 113 cm³/mol. The van der Waals surface area contributed by atoms with Gasteiger partial charge in [0.1, 0.15) is 0 Å². The van der Waals surface area contributed by atoms with Gasteiger partial charge in [-0.25, -0.2) is 4.79 Å². The maximum absolute atomic E-state index is 12.7. The van der Waals surface area contributed by atoms with Crippen LogP contribution in [0, 0.1) is 0 Å². The molecule has 7 heteroatoms. The third kappa shape index (κ3) is 4.52. The molecule has 0 bridgehead atoms. The van der Waals surface area contributed by atoms with Gasteiger partial charge in [0.15, 0.2) is 0 Å². The largest absolute Gasteiger partial charge is 0.369 e. The van der Waals surface area contributed by atoms with Gasteiger partial charge < -0.3 is 16.4 Å². The van der Waals surface area contributed by atoms with E-state index in [0.29, 0.717) is 18.8 Å². The molecule has 1 aromatic heterocycles. The van der Waals surface area contributed by atoms with Gasteiger partial charge in [-0.1, -0.05) is 48.5 Å². The number of benzene rings is 2. The zero-order chi connectivity index (χ0) is 20.2. The van der Waals surface area contributed by atoms with E-state index in [-0.39, 0.29) is 30.4 Å². The molecule has 3 aromatic rings. The number of likely N-dealkylation sites (tertiary alicyclic amines) is 1. The smallest absolute Gasteiger partial charge is 0.319 e. The van der Waals surface area contributed by atoms with E-state index in [1.54, 1.807) is 6.20 Å². The van der Waals surface area contributed by atoms with Crippen molar-refractivity contribution in [3.63, 3.8) is 0 Å². The topological polar surface area (TPSA) is 100 Å². The molecule has 1 aliphatic heterocycles. The van der Waals surface area contributed by atoms with Crippen LogP contribution in [0.2, 0.25) is 0 Å². The number of primary amides is 1. The number of carbonyl (C=O) groups excluding carboxylic acids is 2. The van der Waals surface area contributed by atoms with Crippen molar-refractivity contribution in [2.45, 2.75) is 12.0 Å². The first-order valence-corrected chi connectivity index (χ1v) is 9.56. The van der Waals surface area contributed by atoms with Crippen molar-refractivity contribution < 1.29 is 9.59 Å². The number of anilines is 1. The summed E-state index contributed by atoms with van der Waals surface area (Å²) in [7, 11) is 0. The van der Waals surface area contributed by atoms with Crippen LogP contribution in [0.3, 0.4) is 0 Å². The molecule has 7 nitrogen and oxygen atoms in total. The van der Waals surface area contributed by atoms with E-state index in [1.165, 1.54) is 0 Å². The second-order valence-electron chi connectivity index (χ2n) is 7.30. The first-order chi connectivity index (χ1) is 14.1. The summed E-state index contributed by atoms with van der Waals surface area (Å²) in [6.07, 6.45) is 1.64. The average molecular weight is 389 g/mol. The fraction of sp³-hybridized carbons (Fsp3) is 0.227. The normalized spacial score (nSPS) is 19.2. The van der Waals surface area contributed by atoms with Crippen molar-refractivity contribution in [1.29, 1.82) is 0 Å². The molecule has 4 rings (SSSR count). The quantitative estimate of drug-likeness (QED) is 0.623. The number of hydrogen-bond acceptors (Lipinski definition) is 4. The second-order valence-corrected chi connectivity index (χ2v) is 7.30. The van der Waals surface area contributed by atoms with Gasteiger partial charge in [0, 0.05) is 24.4 Å². The molecule has 0 radical (unpaired) electrons. The molecule has 2 heterocycles. The Morgan fingerprint density at radius 1 is 1.07 bits per heavy atom. The summed E-state index contributed by atoms with van der Waals surface area (Å²) in [5.74, 6) is -0.292. The predicted octanol–water partition coefficient (Wildman–Crippen LogP) is 2.31. The Balaban J connectivity index is 1.47. The Kier molecular flexibility index (Phi) is 5.39. The lowest BCUT2D eigenvalue weighted by atomic mass is 9.94. The fourth-order valence-corrected chi connectivity index (χ4v) is 3.89. The maximum Gasteiger partial charge on any atom is 0.319 e. The van der Waals surface area contributed by atoms with Gasteiger partial charge >= 0.3 is 6.03 Å². The number of urea groups is 1. The number of amides is 3. The third-order valence-corrected chi connectivity index (χ3v) is 5.17. The van der Waals surface area contributed by atoms with E-state index >= 15 is 0 Å². The molecule has 29 heavy (non-hydrogen) atoms. The highest BCUT2D eigenvalue weighted by Gasteiger charge is 2.35. The highest BCUT2D eigenvalue weighted by molar-refractivity contribution is 5.92. The van der Waals surface area contributed by atoms with Crippen LogP contribution in [-0.4, -0.2) is 47.5 Å². The number of para-hydroxylation sites is 1. The van der Waals surface area contributed by atoms with E-state index in [4.69, 9.17) is 5.73 Å². The molecule has 1 saturated heterocycles. The van der Waals surface area contributed by atoms with E-state index < -0.39 is 0 Å². The number of pyridine rings is 1. The minimum Gasteiger partial charge on any atom is -0.369 e. The van der Waals surface area contributed by atoms with Gasteiger partial charge in [0.05, 0.1) is 30.0 Å². The Labute approximate surface area is 168 Å². The molecule has 2 atom stereocenters. The highest BCUT2D eigenvalue weighted by Crippen LogP contribution is 2.27. The second kappa shape index (κ2) is 8.28. The van der Waals surface area contributed by atoms with Gasteiger partial charge in [-0.15, -0.1) is 0 Å². The summed E-state index contributed by atoms with van der Waals surface area (Å²) in [5, 5.41) is 6.88. The molecular weight excluding hydrogens is 366 g/mol. The molecule has 0 aliphatic carbocycles. The highest BCUT2D eigenvalue weighted by atomic mass is 16.2. The average Bonchev–Trinajstić information content (AvgIpc) is 3.09. The van der Waals surface area contributed by atoms with E-state index in [9.17, 15) is 9.59 Å². The number of rotatable bonds is 5. The number of fused-ring (bicyclic) bond motifs is 1. The van der Waals surface area contributed by atoms with Gasteiger partial charge in [-0.05, 0) is 17.7 Å². The van der Waals surface area contributed by atoms with Crippen LogP contribution in [0.15, 0.2) is 66.9 Å². The summed E-state index contributed by atoms with van der Waals surface area (Å²) >= 11 is 0. The van der Waals surface area contributed by atoms with Crippen LogP contribution in [0.5, 0.6) is 0 Å². The first kappa shape index (κ1) is 18.9. The summed E-state index contributed by atoms with van der Waals surface area (Å²) in [4.78, 5) is 30.3. The van der Waals surface area contributed by atoms with E-state index in [1.807, 2.05) is 65.6 Å². The Morgan fingerprint density at radius 3 is 2.62 bits per heavy atom. The SMILES string of the molecule is NC(=O)CN1C[C@@H](NC(=O)Nc2cnc3ccccc3c2)[C@H](c2ccccc2)C1. The molecule has 0 spiro atoms. The molecular formula is C22H23N5O2. The molecule has 1 fully saturated rings. The number of nitrogens with two attached hydrogens (primary N) is 1. The standard InChI is InChI=1S/C22H23N5O2/c23-21(28)14-27-12-18(15-6-2-1-3-7-15)20(13-27)26-22(29)25-17-10-16-8-4-5-9-19(16)24-11-17/h1-11,18,20H,12-14H2,(H2,23,28)(H2,25,26,29)/t18-,20+/m0/s1. The lowest BCUT2D eigenvalue weighted by Gasteiger charge is -2.20. The molecule has 148 valence electrons. The van der Waals surface area contributed by atoms with Crippen molar-refractivity contribution in [3.8, 4) is 0 Å². The van der Waals surface area contributed by atoms with Crippen LogP contribution in [0.25, 0.3) is 10.9 Å². The van der Waals surface area contributed by atoms with Crippen LogP contribution in [0.1, 0.15) is 11.5 Å². The Bertz CT molecular complexity index is 1020. The third-order valence-electron chi connectivity index (χ3n) is 5.17. The van der Waals surface area contributed by atoms with Crippen LogP contribution in [-0.2, 0) is 4.79 Å². The van der Waals surface area contributed by atoms with Crippen molar-refractivity contribution in [2.24, 2.45) is 5.73 Å². The lowest BCUT2D eigenvalue weighted by molar-refractivity contribution is -0.118. The number of nitrogens with one attached hydrogen (secondary N) is 2. The van der Waals surface area contributed by atoms with Gasteiger partial charge in [-0.3, -0.25) is 14.7 Å². The zero-order valence-electron chi connectivity index (χ0n) is 15.9. The van der Waals surface area contributed by atoms with E-state index in [0.717, 1.165) is 16.5 Å². The van der Waals surface area contributed by atoms with Crippen LogP contribution < -0.4 is 16.4 Å². The molecule has 0 unspecified atom stereocenters. The van der Waals surface area contributed by atoms with Crippen molar-refractivity contribution in [3.05, 3.63) is 72.4 Å². The summed E-state index contributed by atoms with van der Waals surface area (Å²) in [6.45, 7) is 1.40. The first-order valence-electron chi connectivity index (χ1n) is 9.56. The molecule has 1 aliphatic rings. The Morgan fingerprint density at radius 2 is 1.83 bits per heavy atom. The van der Waals surface area contributed by atoms with Gasteiger partial charge in [0.2, 0.25) is 5.91 Å². The van der Waals surface area contributed by atoms with Crippen LogP contribution in [0.4, 0.5) is 10.5 Å². The zero-order valence-corrected chi connectivity index (χ0v) is 15.9. The number of carbonyl (C=O) groups is 2. The monoisotopic (exact) mass is 389 g/mol. The van der Waals surface area contributed by atoms with Crippen molar-refractivity contribution in [1.82, 2.24) is 15.2 Å². The van der Waals surface area contributed by atoms with Gasteiger partial charge in [-0.2, -0.15) is 0 Å². The number of nitrogens with zero attached hydrogens (tertiary/aromatic N) is 2. The van der Waals surface area contributed by atoms with Crippen molar-refractivity contribution in [2.75, 3.05) is 25.0 Å². The minimum atomic E-state index is -0.371. The maximum atomic E-state index is 12.7. The molecule has 0 saturated carbocycles. The van der Waals surface area contributed by atoms with E-state index in [2.05, 4.69) is 15.6 Å². The summed E-state index contributed by atoms with van der Waals surface area (Å²) < 4.78 is 0. The number of hydrogen-bond donors (Lipinski definition) is 3. The van der Waals surface area contributed by atoms with Crippen molar-refractivity contribution >= 4 is 28.5 Å².